The van der Waals surface area contributed by atoms with Crippen LogP contribution in [0.25, 0.3) is 0 Å². The van der Waals surface area contributed by atoms with Gasteiger partial charge in [-0.3, -0.25) is 4.79 Å². The number of nitrogens with one attached hydrogen (secondary N) is 1. The monoisotopic (exact) mass is 341 g/mol. The number of benzene rings is 1. The topological polar surface area (TPSA) is 29.1 Å². The van der Waals surface area contributed by atoms with Gasteiger partial charge < -0.3 is 5.32 Å². The maximum atomic E-state index is 11.7. The first-order valence-corrected chi connectivity index (χ1v) is 9.98. The number of unbranched alkanes of at least 4 members (excludes halogenated alkanes) is 7. The van der Waals surface area contributed by atoms with E-state index in [0.29, 0.717) is 0 Å². The van der Waals surface area contributed by atoms with Crippen molar-refractivity contribution in [3.63, 3.8) is 0 Å². The van der Waals surface area contributed by atoms with Crippen molar-refractivity contribution in [3.05, 3.63) is 60.2 Å². The van der Waals surface area contributed by atoms with Crippen molar-refractivity contribution in [2.45, 2.75) is 71.1 Å². The second-order valence-corrected chi connectivity index (χ2v) is 6.58. The lowest BCUT2D eigenvalue weighted by molar-refractivity contribution is -0.116. The van der Waals surface area contributed by atoms with E-state index in [4.69, 9.17) is 0 Å². The van der Waals surface area contributed by atoms with Gasteiger partial charge >= 0.3 is 0 Å². The summed E-state index contributed by atoms with van der Waals surface area (Å²) in [7, 11) is 0. The van der Waals surface area contributed by atoms with Gasteiger partial charge in [-0.1, -0.05) is 100 Å². The SMILES string of the molecule is CCCCCCCCCCNC(=O)/C=C/C=CCCc1ccccc1. The summed E-state index contributed by atoms with van der Waals surface area (Å²) < 4.78 is 0. The van der Waals surface area contributed by atoms with Gasteiger partial charge in [-0.2, -0.15) is 0 Å². The molecule has 2 nitrogen and oxygen atoms in total. The summed E-state index contributed by atoms with van der Waals surface area (Å²) in [6.07, 6.45) is 19.9. The maximum absolute atomic E-state index is 11.7. The standard InChI is InChI=1S/C23H35NO/c1-2-3-4-5-6-7-10-16-21-24-23(25)20-15-9-8-12-17-22-18-13-11-14-19-22/h8-9,11,13-15,18-20H,2-7,10,12,16-17,21H2,1H3,(H,24,25)/b9-8?,20-15+. The van der Waals surface area contributed by atoms with Gasteiger partial charge in [0.05, 0.1) is 0 Å². The van der Waals surface area contributed by atoms with Crippen LogP contribution in [0.1, 0.15) is 70.3 Å². The fraction of sp³-hybridized carbons (Fsp3) is 0.522. The molecule has 0 aliphatic rings. The molecule has 0 fully saturated rings. The number of carbonyl (C=O) groups excluding carboxylic acids is 1. The molecular formula is C23H35NO. The van der Waals surface area contributed by atoms with Gasteiger partial charge in [0.2, 0.25) is 5.91 Å². The van der Waals surface area contributed by atoms with E-state index in [1.807, 2.05) is 18.2 Å². The Bertz CT molecular complexity index is 490. The average Bonchev–Trinajstić information content (AvgIpc) is 2.64. The lowest BCUT2D eigenvalue weighted by Crippen LogP contribution is -2.21. The first-order valence-electron chi connectivity index (χ1n) is 9.98. The summed E-state index contributed by atoms with van der Waals surface area (Å²) in [5, 5.41) is 2.95. The summed E-state index contributed by atoms with van der Waals surface area (Å²) >= 11 is 0. The van der Waals surface area contributed by atoms with Gasteiger partial charge in [-0.15, -0.1) is 0 Å². The van der Waals surface area contributed by atoms with E-state index in [1.165, 1.54) is 50.5 Å². The Hall–Kier alpha value is -1.83. The smallest absolute Gasteiger partial charge is 0.243 e. The van der Waals surface area contributed by atoms with Gasteiger partial charge in [-0.25, -0.2) is 0 Å². The molecule has 0 saturated heterocycles. The molecule has 0 aromatic heterocycles. The number of allylic oxidation sites excluding steroid dienone is 3. The van der Waals surface area contributed by atoms with Crippen LogP contribution in [0.4, 0.5) is 0 Å². The van der Waals surface area contributed by atoms with Crippen molar-refractivity contribution in [2.24, 2.45) is 0 Å². The molecule has 0 unspecified atom stereocenters. The van der Waals surface area contributed by atoms with Crippen LogP contribution in [0, 0.1) is 0 Å². The van der Waals surface area contributed by atoms with Crippen molar-refractivity contribution in [3.8, 4) is 0 Å². The predicted octanol–water partition coefficient (Wildman–Crippen LogP) is 5.99. The van der Waals surface area contributed by atoms with Gasteiger partial charge in [0.1, 0.15) is 0 Å². The summed E-state index contributed by atoms with van der Waals surface area (Å²) in [5.74, 6) is 0.00987. The van der Waals surface area contributed by atoms with Gasteiger partial charge in [0, 0.05) is 12.6 Å². The molecule has 0 aliphatic heterocycles. The molecule has 25 heavy (non-hydrogen) atoms. The van der Waals surface area contributed by atoms with Gasteiger partial charge in [0.15, 0.2) is 0 Å². The van der Waals surface area contributed by atoms with E-state index in [-0.39, 0.29) is 5.91 Å². The highest BCUT2D eigenvalue weighted by molar-refractivity contribution is 5.87. The van der Waals surface area contributed by atoms with E-state index in [0.717, 1.165) is 25.8 Å². The highest BCUT2D eigenvalue weighted by Crippen LogP contribution is 2.07. The Morgan fingerprint density at radius 2 is 1.60 bits per heavy atom. The zero-order valence-electron chi connectivity index (χ0n) is 15.9. The predicted molar refractivity (Wildman–Crippen MR) is 109 cm³/mol. The fourth-order valence-electron chi connectivity index (χ4n) is 2.74. The molecule has 0 bridgehead atoms. The number of carbonyl (C=O) groups is 1. The van der Waals surface area contributed by atoms with Crippen LogP contribution in [0.3, 0.4) is 0 Å². The lowest BCUT2D eigenvalue weighted by Gasteiger charge is -2.02. The molecule has 0 heterocycles. The average molecular weight is 342 g/mol. The molecule has 1 amide bonds. The molecule has 0 spiro atoms. The summed E-state index contributed by atoms with van der Waals surface area (Å²) in [6.45, 7) is 3.04. The van der Waals surface area contributed by atoms with Crippen LogP contribution in [0.5, 0.6) is 0 Å². The van der Waals surface area contributed by atoms with Crippen molar-refractivity contribution in [2.75, 3.05) is 6.54 Å². The third-order valence-electron chi connectivity index (χ3n) is 4.27. The van der Waals surface area contributed by atoms with E-state index in [9.17, 15) is 4.79 Å². The number of hydrogen-bond acceptors (Lipinski definition) is 1. The molecule has 2 heteroatoms. The second-order valence-electron chi connectivity index (χ2n) is 6.58. The second kappa shape index (κ2) is 15.7. The normalized spacial score (nSPS) is 11.4. The quantitative estimate of drug-likeness (QED) is 0.251. The largest absolute Gasteiger partial charge is 0.353 e. The zero-order valence-corrected chi connectivity index (χ0v) is 15.9. The Kier molecular flexibility index (Phi) is 13.3. The third kappa shape index (κ3) is 13.2. The van der Waals surface area contributed by atoms with Crippen LogP contribution in [-0.4, -0.2) is 12.5 Å². The van der Waals surface area contributed by atoms with Crippen LogP contribution >= 0.6 is 0 Å². The van der Waals surface area contributed by atoms with Crippen LogP contribution < -0.4 is 5.32 Å². The number of rotatable bonds is 14. The molecule has 0 saturated carbocycles. The van der Waals surface area contributed by atoms with Gasteiger partial charge in [-0.05, 0) is 24.8 Å². The van der Waals surface area contributed by atoms with Crippen LogP contribution in [-0.2, 0) is 11.2 Å². The Labute approximate surface area is 154 Å². The Balaban J connectivity index is 1.95. The van der Waals surface area contributed by atoms with Crippen molar-refractivity contribution >= 4 is 5.91 Å². The minimum absolute atomic E-state index is 0.00987. The molecule has 0 atom stereocenters. The van der Waals surface area contributed by atoms with Crippen LogP contribution in [0.15, 0.2) is 54.6 Å². The fourth-order valence-corrected chi connectivity index (χ4v) is 2.74. The molecule has 0 radical (unpaired) electrons. The number of amides is 1. The third-order valence-corrected chi connectivity index (χ3v) is 4.27. The van der Waals surface area contributed by atoms with E-state index < -0.39 is 0 Å². The number of aryl methyl sites for hydroxylation is 1. The molecule has 1 rings (SSSR count). The van der Waals surface area contributed by atoms with Crippen molar-refractivity contribution < 1.29 is 4.79 Å². The number of hydrogen-bond donors (Lipinski definition) is 1. The zero-order chi connectivity index (χ0) is 18.0. The summed E-state index contributed by atoms with van der Waals surface area (Å²) in [5.41, 5.74) is 1.35. The highest BCUT2D eigenvalue weighted by atomic mass is 16.1. The summed E-state index contributed by atoms with van der Waals surface area (Å²) in [4.78, 5) is 11.7. The lowest BCUT2D eigenvalue weighted by atomic mass is 10.1. The maximum Gasteiger partial charge on any atom is 0.243 e. The highest BCUT2D eigenvalue weighted by Gasteiger charge is 1.94. The molecule has 138 valence electrons. The molecular weight excluding hydrogens is 306 g/mol. The van der Waals surface area contributed by atoms with Gasteiger partial charge in [0.25, 0.3) is 0 Å². The molecule has 0 aliphatic carbocycles. The summed E-state index contributed by atoms with van der Waals surface area (Å²) in [6, 6.07) is 10.4. The molecule has 1 N–H and O–H groups in total. The molecule has 1 aromatic rings. The molecule has 1 aromatic carbocycles. The van der Waals surface area contributed by atoms with E-state index >= 15 is 0 Å². The first-order chi connectivity index (χ1) is 12.3. The van der Waals surface area contributed by atoms with Crippen LogP contribution in [0.2, 0.25) is 0 Å². The minimum Gasteiger partial charge on any atom is -0.353 e. The van der Waals surface area contributed by atoms with Crippen molar-refractivity contribution in [1.82, 2.24) is 5.32 Å². The van der Waals surface area contributed by atoms with E-state index in [1.54, 1.807) is 6.08 Å². The Morgan fingerprint density at radius 1 is 0.920 bits per heavy atom. The Morgan fingerprint density at radius 3 is 2.32 bits per heavy atom. The minimum atomic E-state index is 0.00987. The first kappa shape index (κ1) is 21.2. The van der Waals surface area contributed by atoms with Crippen molar-refractivity contribution in [1.29, 1.82) is 0 Å². The van der Waals surface area contributed by atoms with E-state index in [2.05, 4.69) is 42.6 Å².